The fourth-order valence-electron chi connectivity index (χ4n) is 2.21. The summed E-state index contributed by atoms with van der Waals surface area (Å²) in [7, 11) is 1.32. The largest absolute Gasteiger partial charge is 0.483 e. The molecule has 0 aliphatic carbocycles. The summed E-state index contributed by atoms with van der Waals surface area (Å²) in [6, 6.07) is 17.7. The highest BCUT2D eigenvalue weighted by atomic mass is 16.5. The molecule has 2 aromatic carbocycles. The molecule has 0 radical (unpaired) electrons. The molecule has 0 spiro atoms. The second-order valence-electron chi connectivity index (χ2n) is 5.23. The summed E-state index contributed by atoms with van der Waals surface area (Å²) in [4.78, 5) is 22.8. The lowest BCUT2D eigenvalue weighted by Gasteiger charge is -2.11. The predicted molar refractivity (Wildman–Crippen MR) is 90.8 cm³/mol. The second-order valence-corrected chi connectivity index (χ2v) is 5.23. The summed E-state index contributed by atoms with van der Waals surface area (Å²) < 4.78 is 10.1. The van der Waals surface area contributed by atoms with Crippen molar-refractivity contribution in [3.05, 3.63) is 65.7 Å². The van der Waals surface area contributed by atoms with Gasteiger partial charge in [-0.15, -0.1) is 0 Å². The number of rotatable bonds is 8. The molecule has 0 aliphatic rings. The minimum absolute atomic E-state index is 0.0903. The van der Waals surface area contributed by atoms with Crippen molar-refractivity contribution in [1.29, 1.82) is 0 Å². The molecule has 0 heterocycles. The molecule has 0 fully saturated rings. The summed E-state index contributed by atoms with van der Waals surface area (Å²) >= 11 is 0. The standard InChI is InChI=1S/C19H21NO4/c1-23-19(22)11-12-20-18(21)14-24-17-10-6-5-9-16(17)13-15-7-3-2-4-8-15/h2-10H,11-14H2,1H3,(H,20,21). The second kappa shape index (κ2) is 9.35. The first-order chi connectivity index (χ1) is 11.7. The number of benzene rings is 2. The molecule has 24 heavy (non-hydrogen) atoms. The van der Waals surface area contributed by atoms with Gasteiger partial charge < -0.3 is 14.8 Å². The maximum Gasteiger partial charge on any atom is 0.307 e. The van der Waals surface area contributed by atoms with Crippen LogP contribution in [0.4, 0.5) is 0 Å². The van der Waals surface area contributed by atoms with Crippen molar-refractivity contribution in [3.63, 3.8) is 0 Å². The predicted octanol–water partition coefficient (Wildman–Crippen LogP) is 2.34. The lowest BCUT2D eigenvalue weighted by Crippen LogP contribution is -2.31. The van der Waals surface area contributed by atoms with Crippen molar-refractivity contribution < 1.29 is 19.1 Å². The number of hydrogen-bond donors (Lipinski definition) is 1. The summed E-state index contributed by atoms with van der Waals surface area (Å²) in [5, 5.41) is 2.62. The van der Waals surface area contributed by atoms with E-state index in [0.29, 0.717) is 5.75 Å². The first kappa shape index (κ1) is 17.5. The SMILES string of the molecule is COC(=O)CCNC(=O)COc1ccccc1Cc1ccccc1. The molecule has 0 aliphatic heterocycles. The van der Waals surface area contributed by atoms with Crippen LogP contribution < -0.4 is 10.1 Å². The molecule has 1 N–H and O–H groups in total. The van der Waals surface area contributed by atoms with E-state index in [-0.39, 0.29) is 31.4 Å². The molecular formula is C19H21NO4. The molecule has 0 saturated carbocycles. The molecule has 0 aromatic heterocycles. The zero-order chi connectivity index (χ0) is 17.2. The van der Waals surface area contributed by atoms with Crippen LogP contribution in [0.2, 0.25) is 0 Å². The van der Waals surface area contributed by atoms with Crippen LogP contribution in [0.5, 0.6) is 5.75 Å². The quantitative estimate of drug-likeness (QED) is 0.756. The average molecular weight is 327 g/mol. The fourth-order valence-corrected chi connectivity index (χ4v) is 2.21. The molecule has 5 nitrogen and oxygen atoms in total. The maximum absolute atomic E-state index is 11.8. The maximum atomic E-state index is 11.8. The van der Waals surface area contributed by atoms with E-state index in [1.165, 1.54) is 12.7 Å². The highest BCUT2D eigenvalue weighted by Gasteiger charge is 2.08. The number of amides is 1. The van der Waals surface area contributed by atoms with Gasteiger partial charge in [-0.25, -0.2) is 0 Å². The van der Waals surface area contributed by atoms with E-state index >= 15 is 0 Å². The van der Waals surface area contributed by atoms with Gasteiger partial charge >= 0.3 is 5.97 Å². The summed E-state index contributed by atoms with van der Waals surface area (Å²) in [5.74, 6) is 0.0577. The molecular weight excluding hydrogens is 306 g/mol. The number of methoxy groups -OCH3 is 1. The molecule has 0 unspecified atom stereocenters. The topological polar surface area (TPSA) is 64.6 Å². The van der Waals surface area contributed by atoms with Gasteiger partial charge in [0.05, 0.1) is 13.5 Å². The molecule has 2 aromatic rings. The molecule has 0 saturated heterocycles. The Bertz CT molecular complexity index is 670. The van der Waals surface area contributed by atoms with Crippen molar-refractivity contribution in [2.75, 3.05) is 20.3 Å². The van der Waals surface area contributed by atoms with E-state index in [1.54, 1.807) is 0 Å². The minimum Gasteiger partial charge on any atom is -0.483 e. The molecule has 2 rings (SSSR count). The lowest BCUT2D eigenvalue weighted by molar-refractivity contribution is -0.140. The highest BCUT2D eigenvalue weighted by Crippen LogP contribution is 2.21. The fraction of sp³-hybridized carbons (Fsp3) is 0.263. The number of nitrogens with one attached hydrogen (secondary N) is 1. The van der Waals surface area contributed by atoms with E-state index < -0.39 is 0 Å². The van der Waals surface area contributed by atoms with Crippen LogP contribution >= 0.6 is 0 Å². The van der Waals surface area contributed by atoms with Crippen molar-refractivity contribution >= 4 is 11.9 Å². The van der Waals surface area contributed by atoms with E-state index in [4.69, 9.17) is 4.74 Å². The van der Waals surface area contributed by atoms with Gasteiger partial charge in [0, 0.05) is 13.0 Å². The number of esters is 1. The minimum atomic E-state index is -0.357. The molecule has 1 amide bonds. The van der Waals surface area contributed by atoms with Gasteiger partial charge in [0.25, 0.3) is 5.91 Å². The Morgan fingerprint density at radius 2 is 1.71 bits per heavy atom. The van der Waals surface area contributed by atoms with Crippen LogP contribution in [-0.4, -0.2) is 32.1 Å². The van der Waals surface area contributed by atoms with Gasteiger partial charge in [0.2, 0.25) is 0 Å². The number of ether oxygens (including phenoxy) is 2. The van der Waals surface area contributed by atoms with Gasteiger partial charge in [-0.2, -0.15) is 0 Å². The number of carbonyl (C=O) groups excluding carboxylic acids is 2. The van der Waals surface area contributed by atoms with Gasteiger partial charge in [-0.1, -0.05) is 48.5 Å². The number of carbonyl (C=O) groups is 2. The number of hydrogen-bond acceptors (Lipinski definition) is 4. The first-order valence-corrected chi connectivity index (χ1v) is 7.77. The Morgan fingerprint density at radius 1 is 1.00 bits per heavy atom. The average Bonchev–Trinajstić information content (AvgIpc) is 2.61. The zero-order valence-corrected chi connectivity index (χ0v) is 13.7. The summed E-state index contributed by atoms with van der Waals surface area (Å²) in [5.41, 5.74) is 2.20. The van der Waals surface area contributed by atoms with Crippen molar-refractivity contribution in [2.45, 2.75) is 12.8 Å². The van der Waals surface area contributed by atoms with Gasteiger partial charge in [0.15, 0.2) is 6.61 Å². The highest BCUT2D eigenvalue weighted by molar-refractivity contribution is 5.78. The Kier molecular flexibility index (Phi) is 6.83. The molecule has 126 valence electrons. The Hall–Kier alpha value is -2.82. The van der Waals surface area contributed by atoms with Crippen molar-refractivity contribution in [1.82, 2.24) is 5.32 Å². The molecule has 0 bridgehead atoms. The Morgan fingerprint density at radius 3 is 2.46 bits per heavy atom. The molecule has 0 atom stereocenters. The van der Waals surface area contributed by atoms with E-state index in [0.717, 1.165) is 12.0 Å². The smallest absolute Gasteiger partial charge is 0.307 e. The first-order valence-electron chi connectivity index (χ1n) is 7.77. The monoisotopic (exact) mass is 327 g/mol. The lowest BCUT2D eigenvalue weighted by atomic mass is 10.0. The van der Waals surface area contributed by atoms with Crippen molar-refractivity contribution in [2.24, 2.45) is 0 Å². The third-order valence-corrected chi connectivity index (χ3v) is 3.45. The normalized spacial score (nSPS) is 10.0. The van der Waals surface area contributed by atoms with Gasteiger partial charge in [0.1, 0.15) is 5.75 Å². The van der Waals surface area contributed by atoms with E-state index in [2.05, 4.69) is 22.2 Å². The van der Waals surface area contributed by atoms with Crippen LogP contribution in [0.3, 0.4) is 0 Å². The van der Waals surface area contributed by atoms with Crippen molar-refractivity contribution in [3.8, 4) is 5.75 Å². The van der Waals surface area contributed by atoms with Crippen LogP contribution in [0.1, 0.15) is 17.5 Å². The van der Waals surface area contributed by atoms with Gasteiger partial charge in [-0.3, -0.25) is 9.59 Å². The van der Waals surface area contributed by atoms with E-state index in [9.17, 15) is 9.59 Å². The Labute approximate surface area is 141 Å². The van der Waals surface area contributed by atoms with Crippen LogP contribution in [0, 0.1) is 0 Å². The summed E-state index contributed by atoms with van der Waals surface area (Å²) in [6.07, 6.45) is 0.883. The third-order valence-electron chi connectivity index (χ3n) is 3.45. The Balaban J connectivity index is 1.86. The van der Waals surface area contributed by atoms with Crippen LogP contribution in [-0.2, 0) is 20.7 Å². The summed E-state index contributed by atoms with van der Waals surface area (Å²) in [6.45, 7) is 0.146. The molecule has 5 heteroatoms. The number of para-hydroxylation sites is 1. The van der Waals surface area contributed by atoms with Gasteiger partial charge in [-0.05, 0) is 17.2 Å². The zero-order valence-electron chi connectivity index (χ0n) is 13.7. The van der Waals surface area contributed by atoms with Crippen LogP contribution in [0.15, 0.2) is 54.6 Å². The van der Waals surface area contributed by atoms with E-state index in [1.807, 2.05) is 42.5 Å². The third kappa shape index (κ3) is 5.76. The van der Waals surface area contributed by atoms with Crippen LogP contribution in [0.25, 0.3) is 0 Å².